The minimum Gasteiger partial charge on any atom is -0.203 e. The number of fused-ring (bicyclic) bond motifs is 3. The summed E-state index contributed by atoms with van der Waals surface area (Å²) in [4.78, 5) is 0. The highest BCUT2D eigenvalue weighted by Gasteiger charge is 2.20. The molecule has 0 saturated heterocycles. The fraction of sp³-hybridized carbons (Fsp3) is 0. The van der Waals surface area contributed by atoms with E-state index >= 15 is 0 Å². The van der Waals surface area contributed by atoms with Gasteiger partial charge in [-0.25, -0.2) is 17.6 Å². The van der Waals surface area contributed by atoms with Crippen molar-refractivity contribution in [2.45, 2.75) is 0 Å². The summed E-state index contributed by atoms with van der Waals surface area (Å²) in [5, 5.41) is 2.60. The standard InChI is InChI=1S/C18H8F4/c19-15-13-7-11-5-9-3-1-2-4-10(9)6-12(11)8-14(13)16(20)18(22)17(15)21/h1-8H. The SMILES string of the molecule is Fc1c(F)c(F)c2cc3cc4ccccc4cc3cc2c1F. The molecule has 0 N–H and O–H groups in total. The second kappa shape index (κ2) is 4.44. The maximum absolute atomic E-state index is 13.9. The van der Waals surface area contributed by atoms with Gasteiger partial charge in [-0.1, -0.05) is 24.3 Å². The molecule has 0 bridgehead atoms. The Hall–Kier alpha value is -2.62. The van der Waals surface area contributed by atoms with Crippen LogP contribution < -0.4 is 0 Å². The van der Waals surface area contributed by atoms with E-state index in [2.05, 4.69) is 0 Å². The van der Waals surface area contributed by atoms with E-state index in [0.717, 1.165) is 10.8 Å². The summed E-state index contributed by atoms with van der Waals surface area (Å²) in [6, 6.07) is 13.8. The Labute approximate surface area is 122 Å². The molecule has 22 heavy (non-hydrogen) atoms. The third kappa shape index (κ3) is 1.70. The van der Waals surface area contributed by atoms with Gasteiger partial charge >= 0.3 is 0 Å². The largest absolute Gasteiger partial charge is 0.203 e. The lowest BCUT2D eigenvalue weighted by Gasteiger charge is -2.08. The van der Waals surface area contributed by atoms with Gasteiger partial charge in [0.25, 0.3) is 0 Å². The summed E-state index contributed by atoms with van der Waals surface area (Å²) < 4.78 is 54.6. The van der Waals surface area contributed by atoms with Crippen LogP contribution in [-0.4, -0.2) is 0 Å². The van der Waals surface area contributed by atoms with Gasteiger partial charge in [-0.15, -0.1) is 0 Å². The van der Waals surface area contributed by atoms with E-state index < -0.39 is 23.3 Å². The molecule has 108 valence electrons. The van der Waals surface area contributed by atoms with Gasteiger partial charge in [-0.2, -0.15) is 0 Å². The van der Waals surface area contributed by atoms with Crippen LogP contribution in [0.3, 0.4) is 0 Å². The van der Waals surface area contributed by atoms with Crippen molar-refractivity contribution in [2.24, 2.45) is 0 Å². The fourth-order valence-electron chi connectivity index (χ4n) is 2.78. The molecule has 0 amide bonds. The molecule has 0 atom stereocenters. The van der Waals surface area contributed by atoms with Crippen molar-refractivity contribution < 1.29 is 17.6 Å². The number of halogens is 4. The highest BCUT2D eigenvalue weighted by molar-refractivity contribution is 6.04. The van der Waals surface area contributed by atoms with Gasteiger partial charge in [0.2, 0.25) is 0 Å². The average molecular weight is 300 g/mol. The average Bonchev–Trinajstić information content (AvgIpc) is 2.55. The molecular formula is C18H8F4. The molecule has 0 spiro atoms. The summed E-state index contributed by atoms with van der Waals surface area (Å²) in [5.41, 5.74) is 0. The van der Waals surface area contributed by atoms with Crippen molar-refractivity contribution in [3.05, 3.63) is 71.8 Å². The van der Waals surface area contributed by atoms with Gasteiger partial charge in [0, 0.05) is 10.8 Å². The van der Waals surface area contributed by atoms with Crippen LogP contribution in [0.15, 0.2) is 48.5 Å². The molecule has 4 aromatic carbocycles. The second-order valence-electron chi connectivity index (χ2n) is 5.20. The molecule has 0 heterocycles. The van der Waals surface area contributed by atoms with Gasteiger partial charge in [0.05, 0.1) is 0 Å². The van der Waals surface area contributed by atoms with Crippen LogP contribution in [0.2, 0.25) is 0 Å². The quantitative estimate of drug-likeness (QED) is 0.169. The van der Waals surface area contributed by atoms with Gasteiger partial charge in [-0.3, -0.25) is 0 Å². The molecular weight excluding hydrogens is 292 g/mol. The molecule has 0 aliphatic carbocycles. The van der Waals surface area contributed by atoms with Crippen LogP contribution in [0.5, 0.6) is 0 Å². The molecule has 0 unspecified atom stereocenters. The Kier molecular flexibility index (Phi) is 2.64. The molecule has 0 aliphatic heterocycles. The van der Waals surface area contributed by atoms with E-state index in [0.29, 0.717) is 10.8 Å². The molecule has 4 aromatic rings. The van der Waals surface area contributed by atoms with Crippen molar-refractivity contribution in [3.63, 3.8) is 0 Å². The van der Waals surface area contributed by atoms with Gasteiger partial charge in [0.1, 0.15) is 0 Å². The van der Waals surface area contributed by atoms with Crippen molar-refractivity contribution in [3.8, 4) is 0 Å². The first-order valence-electron chi connectivity index (χ1n) is 6.64. The van der Waals surface area contributed by atoms with Crippen molar-refractivity contribution in [2.75, 3.05) is 0 Å². The second-order valence-corrected chi connectivity index (χ2v) is 5.20. The lowest BCUT2D eigenvalue weighted by Crippen LogP contribution is -1.98. The third-order valence-corrected chi connectivity index (χ3v) is 3.89. The van der Waals surface area contributed by atoms with Crippen molar-refractivity contribution in [1.29, 1.82) is 0 Å². The van der Waals surface area contributed by atoms with Crippen LogP contribution in [0.25, 0.3) is 32.3 Å². The first-order chi connectivity index (χ1) is 10.6. The molecule has 0 aliphatic rings. The Bertz CT molecular complexity index is 982. The summed E-state index contributed by atoms with van der Waals surface area (Å²) in [5.74, 6) is -6.32. The molecule has 0 nitrogen and oxygen atoms in total. The first-order valence-corrected chi connectivity index (χ1v) is 6.64. The van der Waals surface area contributed by atoms with Crippen LogP contribution in [-0.2, 0) is 0 Å². The van der Waals surface area contributed by atoms with E-state index in [-0.39, 0.29) is 10.8 Å². The van der Waals surface area contributed by atoms with Crippen molar-refractivity contribution in [1.82, 2.24) is 0 Å². The highest BCUT2D eigenvalue weighted by Crippen LogP contribution is 2.32. The molecule has 4 heteroatoms. The predicted molar refractivity (Wildman–Crippen MR) is 78.8 cm³/mol. The lowest BCUT2D eigenvalue weighted by atomic mass is 9.99. The fourth-order valence-corrected chi connectivity index (χ4v) is 2.78. The van der Waals surface area contributed by atoms with Crippen LogP contribution in [0.1, 0.15) is 0 Å². The molecule has 0 radical (unpaired) electrons. The monoisotopic (exact) mass is 300 g/mol. The Morgan fingerprint density at radius 3 is 1.27 bits per heavy atom. The van der Waals surface area contributed by atoms with Gasteiger partial charge in [-0.05, 0) is 45.8 Å². The number of benzene rings is 4. The number of hydrogen-bond acceptors (Lipinski definition) is 0. The smallest absolute Gasteiger partial charge is 0.198 e. The van der Waals surface area contributed by atoms with Crippen LogP contribution >= 0.6 is 0 Å². The first kappa shape index (κ1) is 13.1. The molecule has 0 fully saturated rings. The minimum absolute atomic E-state index is 0.265. The zero-order valence-electron chi connectivity index (χ0n) is 11.1. The van der Waals surface area contributed by atoms with Crippen LogP contribution in [0, 0.1) is 23.3 Å². The summed E-state index contributed by atoms with van der Waals surface area (Å²) in [6.07, 6.45) is 0. The number of rotatable bonds is 0. The van der Waals surface area contributed by atoms with Crippen LogP contribution in [0.4, 0.5) is 17.6 Å². The van der Waals surface area contributed by atoms with Gasteiger partial charge in [0.15, 0.2) is 23.3 Å². The Morgan fingerprint density at radius 1 is 0.455 bits per heavy atom. The summed E-state index contributed by atoms with van der Waals surface area (Å²) in [6.45, 7) is 0. The van der Waals surface area contributed by atoms with Gasteiger partial charge < -0.3 is 0 Å². The van der Waals surface area contributed by atoms with E-state index in [1.807, 2.05) is 36.4 Å². The third-order valence-electron chi connectivity index (χ3n) is 3.89. The topological polar surface area (TPSA) is 0 Å². The van der Waals surface area contributed by atoms with E-state index in [9.17, 15) is 17.6 Å². The minimum atomic E-state index is -1.79. The zero-order chi connectivity index (χ0) is 15.4. The summed E-state index contributed by atoms with van der Waals surface area (Å²) in [7, 11) is 0. The van der Waals surface area contributed by atoms with E-state index in [1.165, 1.54) is 12.1 Å². The highest BCUT2D eigenvalue weighted by atomic mass is 19.2. The molecule has 0 saturated carbocycles. The zero-order valence-corrected chi connectivity index (χ0v) is 11.1. The molecule has 4 rings (SSSR count). The normalized spacial score (nSPS) is 11.6. The van der Waals surface area contributed by atoms with E-state index in [4.69, 9.17) is 0 Å². The summed E-state index contributed by atoms with van der Waals surface area (Å²) >= 11 is 0. The maximum atomic E-state index is 13.9. The van der Waals surface area contributed by atoms with E-state index in [1.54, 1.807) is 0 Å². The Balaban J connectivity index is 2.21. The van der Waals surface area contributed by atoms with Crippen molar-refractivity contribution >= 4 is 32.3 Å². The maximum Gasteiger partial charge on any atom is 0.198 e. The Morgan fingerprint density at radius 2 is 0.864 bits per heavy atom. The molecule has 0 aromatic heterocycles. The predicted octanol–water partition coefficient (Wildman–Crippen LogP) is 5.70. The number of hydrogen-bond donors (Lipinski definition) is 0. The lowest BCUT2D eigenvalue weighted by molar-refractivity contribution is 0.418.